The summed E-state index contributed by atoms with van der Waals surface area (Å²) in [5.74, 6) is 0.727. The van der Waals surface area contributed by atoms with Gasteiger partial charge in [0.2, 0.25) is 11.8 Å². The zero-order valence-electron chi connectivity index (χ0n) is 30.7. The number of carbonyl (C=O) groups is 3. The number of imide groups is 1. The van der Waals surface area contributed by atoms with E-state index < -0.39 is 6.04 Å². The van der Waals surface area contributed by atoms with E-state index in [4.69, 9.17) is 11.6 Å². The summed E-state index contributed by atoms with van der Waals surface area (Å²) >= 11 is 6.36. The molecule has 0 radical (unpaired) electrons. The lowest BCUT2D eigenvalue weighted by molar-refractivity contribution is -0.133. The van der Waals surface area contributed by atoms with Crippen molar-refractivity contribution in [3.63, 3.8) is 0 Å². The first-order valence-corrected chi connectivity index (χ1v) is 19.5. The van der Waals surface area contributed by atoms with Crippen molar-refractivity contribution in [2.24, 2.45) is 11.3 Å². The minimum absolute atomic E-state index is 0.0542. The van der Waals surface area contributed by atoms with Crippen LogP contribution in [0.5, 0.6) is 0 Å². The molecule has 5 aliphatic rings. The van der Waals surface area contributed by atoms with Gasteiger partial charge in [0.25, 0.3) is 5.91 Å². The fourth-order valence-electron chi connectivity index (χ4n) is 9.01. The Labute approximate surface area is 321 Å². The molecule has 5 fully saturated rings. The number of nitriles is 1. The number of anilines is 4. The van der Waals surface area contributed by atoms with Gasteiger partial charge < -0.3 is 24.9 Å². The summed E-state index contributed by atoms with van der Waals surface area (Å²) in [5.41, 5.74) is 4.20. The minimum Gasteiger partial charge on any atom is -0.374 e. The van der Waals surface area contributed by atoms with Crippen molar-refractivity contribution in [2.75, 3.05) is 85.5 Å². The van der Waals surface area contributed by atoms with Crippen LogP contribution in [0.4, 0.5) is 22.9 Å². The van der Waals surface area contributed by atoms with Gasteiger partial charge in [-0.2, -0.15) is 5.26 Å². The summed E-state index contributed by atoms with van der Waals surface area (Å²) in [5, 5.41) is 24.3. The second kappa shape index (κ2) is 15.1. The van der Waals surface area contributed by atoms with Crippen LogP contribution in [0.2, 0.25) is 5.02 Å². The smallest absolute Gasteiger partial charge is 0.274 e. The molecule has 6 heterocycles. The fraction of sp³-hybridized carbons (Fsp3) is 0.500. The molecule has 0 bridgehead atoms. The number of likely N-dealkylation sites (tertiary alicyclic amines) is 1. The summed E-state index contributed by atoms with van der Waals surface area (Å²) in [4.78, 5) is 48.4. The first kappa shape index (κ1) is 36.1. The van der Waals surface area contributed by atoms with Crippen molar-refractivity contribution >= 4 is 52.2 Å². The van der Waals surface area contributed by atoms with Gasteiger partial charge >= 0.3 is 0 Å². The van der Waals surface area contributed by atoms with E-state index in [2.05, 4.69) is 65.6 Å². The Morgan fingerprint density at radius 2 is 1.78 bits per heavy atom. The third-order valence-corrected chi connectivity index (χ3v) is 12.4. The number of aromatic nitrogens is 2. The second-order valence-corrected chi connectivity index (χ2v) is 16.2. The van der Waals surface area contributed by atoms with Crippen molar-refractivity contribution in [3.8, 4) is 6.07 Å². The Balaban J connectivity index is 0.764. The molecule has 54 heavy (non-hydrogen) atoms. The lowest BCUT2D eigenvalue weighted by Gasteiger charge is -2.43. The van der Waals surface area contributed by atoms with E-state index in [1.807, 2.05) is 47.4 Å². The lowest BCUT2D eigenvalue weighted by Crippen LogP contribution is -2.56. The highest BCUT2D eigenvalue weighted by Gasteiger charge is 2.44. The van der Waals surface area contributed by atoms with E-state index in [1.54, 1.807) is 0 Å². The van der Waals surface area contributed by atoms with Gasteiger partial charge in [0.15, 0.2) is 11.5 Å². The largest absolute Gasteiger partial charge is 0.374 e. The Bertz CT molecular complexity index is 1930. The highest BCUT2D eigenvalue weighted by Crippen LogP contribution is 2.45. The molecule has 0 aliphatic carbocycles. The van der Waals surface area contributed by atoms with Gasteiger partial charge in [0.1, 0.15) is 12.1 Å². The van der Waals surface area contributed by atoms with E-state index in [9.17, 15) is 19.6 Å². The fourth-order valence-corrected chi connectivity index (χ4v) is 9.23. The van der Waals surface area contributed by atoms with Gasteiger partial charge in [-0.3, -0.25) is 24.6 Å². The highest BCUT2D eigenvalue weighted by molar-refractivity contribution is 6.32. The third kappa shape index (κ3) is 7.54. The molecule has 0 unspecified atom stereocenters. The van der Waals surface area contributed by atoms with Crippen LogP contribution in [0, 0.1) is 22.7 Å². The van der Waals surface area contributed by atoms with Crippen molar-refractivity contribution in [3.05, 3.63) is 70.9 Å². The van der Waals surface area contributed by atoms with Gasteiger partial charge in [-0.05, 0) is 86.6 Å². The predicted molar refractivity (Wildman–Crippen MR) is 208 cm³/mol. The number of nitrogens with one attached hydrogen (secondary N) is 2. The summed E-state index contributed by atoms with van der Waals surface area (Å²) in [7, 11) is 0. The molecule has 5 saturated heterocycles. The SMILES string of the molecule is C[C@H]1CC2(CCN(c3ccc(C(=O)N4CC(CN5CCN(c6cccc(N[C@H]7CCC(=O)NC7=O)c6)CC5)C4)nn3)CC2)CN1c1ccc(C#N)c(Cl)c1. The van der Waals surface area contributed by atoms with Crippen LogP contribution in [0.25, 0.3) is 0 Å². The number of piperidine rings is 2. The number of hydrogen-bond donors (Lipinski definition) is 2. The Morgan fingerprint density at radius 3 is 2.48 bits per heavy atom. The second-order valence-electron chi connectivity index (χ2n) is 15.8. The highest BCUT2D eigenvalue weighted by atomic mass is 35.5. The number of amides is 3. The molecule has 0 saturated carbocycles. The van der Waals surface area contributed by atoms with E-state index in [-0.39, 0.29) is 23.1 Å². The van der Waals surface area contributed by atoms with Crippen molar-refractivity contribution in [1.29, 1.82) is 5.26 Å². The standard InChI is InChI=1S/C40H47ClN10O3/c1-27-21-40(26-51(27)32-6-5-29(22-42)33(41)20-32)11-13-49(14-12-40)36-9-7-35(45-46-36)39(54)50-24-28(25-50)23-47-15-17-48(18-16-47)31-4-2-3-30(19-31)43-34-8-10-37(52)44-38(34)53/h2-7,9,19-20,27-28,34,43H,8,10-18,21,23-26H2,1H3,(H,44,52,53)/t27-,34-/m0/s1. The summed E-state index contributed by atoms with van der Waals surface area (Å²) < 4.78 is 0. The molecule has 2 atom stereocenters. The lowest BCUT2D eigenvalue weighted by atomic mass is 9.77. The summed E-state index contributed by atoms with van der Waals surface area (Å²) in [6, 6.07) is 19.8. The molecular formula is C40H47ClN10O3. The molecule has 3 aromatic rings. The Hall–Kier alpha value is -4.93. The summed E-state index contributed by atoms with van der Waals surface area (Å²) in [6.07, 6.45) is 4.08. The third-order valence-electron chi connectivity index (χ3n) is 12.1. The van der Waals surface area contributed by atoms with E-state index >= 15 is 0 Å². The Morgan fingerprint density at radius 1 is 0.981 bits per heavy atom. The average Bonchev–Trinajstić information content (AvgIpc) is 3.49. The molecule has 3 amide bonds. The van der Waals surface area contributed by atoms with Crippen LogP contribution < -0.4 is 25.3 Å². The molecule has 282 valence electrons. The van der Waals surface area contributed by atoms with Crippen LogP contribution in [0.1, 0.15) is 55.1 Å². The van der Waals surface area contributed by atoms with Gasteiger partial charge in [-0.25, -0.2) is 0 Å². The average molecular weight is 751 g/mol. The molecule has 2 aromatic carbocycles. The molecule has 13 nitrogen and oxygen atoms in total. The number of benzene rings is 2. The number of halogens is 1. The topological polar surface area (TPSA) is 141 Å². The maximum atomic E-state index is 13.3. The number of piperazine rings is 1. The van der Waals surface area contributed by atoms with Gasteiger partial charge in [0, 0.05) is 101 Å². The normalized spacial score (nSPS) is 23.3. The Kier molecular flexibility index (Phi) is 10.1. The van der Waals surface area contributed by atoms with E-state index in [0.29, 0.717) is 41.1 Å². The molecule has 1 spiro atoms. The molecular weight excluding hydrogens is 704 g/mol. The van der Waals surface area contributed by atoms with Crippen LogP contribution in [-0.2, 0) is 9.59 Å². The zero-order chi connectivity index (χ0) is 37.4. The molecule has 5 aliphatic heterocycles. The van der Waals surface area contributed by atoms with Gasteiger partial charge in [0.05, 0.1) is 10.6 Å². The predicted octanol–water partition coefficient (Wildman–Crippen LogP) is 4.00. The van der Waals surface area contributed by atoms with Crippen molar-refractivity contribution in [2.45, 2.75) is 51.1 Å². The maximum Gasteiger partial charge on any atom is 0.274 e. The quantitative estimate of drug-likeness (QED) is 0.323. The molecule has 8 rings (SSSR count). The zero-order valence-corrected chi connectivity index (χ0v) is 31.5. The summed E-state index contributed by atoms with van der Waals surface area (Å²) in [6.45, 7) is 11.2. The minimum atomic E-state index is -0.401. The van der Waals surface area contributed by atoms with Gasteiger partial charge in [-0.1, -0.05) is 17.7 Å². The number of carbonyl (C=O) groups excluding carboxylic acids is 3. The van der Waals surface area contributed by atoms with E-state index in [0.717, 1.165) is 108 Å². The van der Waals surface area contributed by atoms with Crippen LogP contribution in [0.15, 0.2) is 54.6 Å². The van der Waals surface area contributed by atoms with E-state index in [1.165, 1.54) is 0 Å². The van der Waals surface area contributed by atoms with Gasteiger partial charge in [-0.15, -0.1) is 10.2 Å². The first-order chi connectivity index (χ1) is 26.1. The monoisotopic (exact) mass is 750 g/mol. The van der Waals surface area contributed by atoms with Crippen LogP contribution in [0.3, 0.4) is 0 Å². The number of rotatable bonds is 8. The molecule has 14 heteroatoms. The van der Waals surface area contributed by atoms with Crippen molar-refractivity contribution in [1.82, 2.24) is 25.3 Å². The first-order valence-electron chi connectivity index (χ1n) is 19.2. The van der Waals surface area contributed by atoms with Crippen LogP contribution in [-0.4, -0.2) is 115 Å². The number of hydrogen-bond acceptors (Lipinski definition) is 11. The van der Waals surface area contributed by atoms with Crippen molar-refractivity contribution < 1.29 is 14.4 Å². The molecule has 1 aromatic heterocycles. The molecule has 2 N–H and O–H groups in total. The maximum absolute atomic E-state index is 13.3. The number of nitrogens with zero attached hydrogens (tertiary/aromatic N) is 8. The van der Waals surface area contributed by atoms with Crippen LogP contribution >= 0.6 is 11.6 Å².